The molecule has 88 valence electrons. The van der Waals surface area contributed by atoms with Crippen LogP contribution in [0.3, 0.4) is 0 Å². The van der Waals surface area contributed by atoms with Crippen molar-refractivity contribution in [2.75, 3.05) is 6.54 Å². The minimum atomic E-state index is -0.339. The summed E-state index contributed by atoms with van der Waals surface area (Å²) in [5, 5.41) is 10.9. The molecule has 2 rings (SSSR count). The number of nitrogens with zero attached hydrogens (tertiary/aromatic N) is 2. The van der Waals surface area contributed by atoms with Crippen LogP contribution < -0.4 is 5.32 Å². The first-order chi connectivity index (χ1) is 8.81. The van der Waals surface area contributed by atoms with Crippen LogP contribution in [0.2, 0.25) is 0 Å². The number of nitriles is 1. The molecule has 1 amide bonds. The molecular weight excluding hydrogens is 226 g/mol. The summed E-state index contributed by atoms with van der Waals surface area (Å²) in [6.45, 7) is -0.0178. The van der Waals surface area contributed by atoms with E-state index in [1.54, 1.807) is 12.1 Å². The molecule has 4 nitrogen and oxygen atoms in total. The van der Waals surface area contributed by atoms with E-state index < -0.39 is 0 Å². The minimum Gasteiger partial charge on any atom is -0.338 e. The van der Waals surface area contributed by atoms with Crippen LogP contribution in [0.5, 0.6) is 0 Å². The number of rotatable bonds is 3. The van der Waals surface area contributed by atoms with Gasteiger partial charge in [0.05, 0.1) is 11.8 Å². The number of amides is 1. The molecule has 0 saturated heterocycles. The van der Waals surface area contributed by atoms with Gasteiger partial charge in [0.2, 0.25) is 0 Å². The molecule has 0 atom stereocenters. The summed E-state index contributed by atoms with van der Waals surface area (Å²) >= 11 is 0. The van der Waals surface area contributed by atoms with Gasteiger partial charge in [0, 0.05) is 5.56 Å². The molecule has 1 N–H and O–H groups in total. The van der Waals surface area contributed by atoms with E-state index >= 15 is 0 Å². The molecule has 0 spiro atoms. The number of benzene rings is 1. The van der Waals surface area contributed by atoms with E-state index in [9.17, 15) is 4.79 Å². The lowest BCUT2D eigenvalue weighted by Gasteiger charge is -2.04. The van der Waals surface area contributed by atoms with Gasteiger partial charge in [0.1, 0.15) is 12.2 Å². The van der Waals surface area contributed by atoms with Crippen LogP contribution in [-0.4, -0.2) is 17.4 Å². The van der Waals surface area contributed by atoms with Crippen molar-refractivity contribution in [3.8, 4) is 17.3 Å². The fraction of sp³-hybridized carbons (Fsp3) is 0.0714. The van der Waals surface area contributed by atoms with Crippen molar-refractivity contribution in [2.24, 2.45) is 0 Å². The van der Waals surface area contributed by atoms with Crippen molar-refractivity contribution in [3.63, 3.8) is 0 Å². The van der Waals surface area contributed by atoms with E-state index in [1.165, 1.54) is 0 Å². The Morgan fingerprint density at radius 3 is 2.67 bits per heavy atom. The number of hydrogen-bond donors (Lipinski definition) is 1. The second kappa shape index (κ2) is 5.60. The normalized spacial score (nSPS) is 9.50. The Labute approximate surface area is 105 Å². The largest absolute Gasteiger partial charge is 0.338 e. The maximum Gasteiger partial charge on any atom is 0.270 e. The maximum absolute atomic E-state index is 11.7. The summed E-state index contributed by atoms with van der Waals surface area (Å²) in [5.74, 6) is -0.339. The van der Waals surface area contributed by atoms with Crippen molar-refractivity contribution in [2.45, 2.75) is 0 Å². The average Bonchev–Trinajstić information content (AvgIpc) is 2.46. The van der Waals surface area contributed by atoms with Gasteiger partial charge in [-0.15, -0.1) is 0 Å². The summed E-state index contributed by atoms with van der Waals surface area (Å²) in [4.78, 5) is 15.9. The smallest absolute Gasteiger partial charge is 0.270 e. The zero-order chi connectivity index (χ0) is 12.8. The SMILES string of the molecule is N#CCNC(=O)c1cccc(-c2ccccc2)n1. The van der Waals surface area contributed by atoms with Crippen molar-refractivity contribution in [3.05, 3.63) is 54.2 Å². The fourth-order valence-electron chi connectivity index (χ4n) is 1.54. The minimum absolute atomic E-state index is 0.0178. The second-order valence-electron chi connectivity index (χ2n) is 3.61. The molecule has 0 unspecified atom stereocenters. The molecule has 0 aliphatic carbocycles. The molecule has 1 heterocycles. The van der Waals surface area contributed by atoms with Crippen LogP contribution in [0.1, 0.15) is 10.5 Å². The van der Waals surface area contributed by atoms with Crippen LogP contribution in [-0.2, 0) is 0 Å². The summed E-state index contributed by atoms with van der Waals surface area (Å²) in [6, 6.07) is 16.7. The van der Waals surface area contributed by atoms with E-state index in [0.717, 1.165) is 11.3 Å². The first-order valence-corrected chi connectivity index (χ1v) is 5.49. The molecule has 0 aliphatic heterocycles. The number of aromatic nitrogens is 1. The van der Waals surface area contributed by atoms with Crippen molar-refractivity contribution in [1.82, 2.24) is 10.3 Å². The van der Waals surface area contributed by atoms with Crippen molar-refractivity contribution in [1.29, 1.82) is 5.26 Å². The molecule has 2 aromatic rings. The number of carbonyl (C=O) groups excluding carboxylic acids is 1. The number of pyridine rings is 1. The summed E-state index contributed by atoms with van der Waals surface area (Å²) in [7, 11) is 0. The van der Waals surface area contributed by atoms with E-state index in [4.69, 9.17) is 5.26 Å². The highest BCUT2D eigenvalue weighted by Crippen LogP contribution is 2.16. The molecule has 0 fully saturated rings. The van der Waals surface area contributed by atoms with Crippen LogP contribution in [0.15, 0.2) is 48.5 Å². The van der Waals surface area contributed by atoms with Gasteiger partial charge < -0.3 is 5.32 Å². The van der Waals surface area contributed by atoms with Gasteiger partial charge in [0.15, 0.2) is 0 Å². The third-order valence-electron chi connectivity index (χ3n) is 2.38. The Morgan fingerprint density at radius 2 is 1.94 bits per heavy atom. The number of carbonyl (C=O) groups is 1. The van der Waals surface area contributed by atoms with Gasteiger partial charge in [0.25, 0.3) is 5.91 Å². The van der Waals surface area contributed by atoms with Gasteiger partial charge >= 0.3 is 0 Å². The molecule has 1 aromatic heterocycles. The Hall–Kier alpha value is -2.67. The zero-order valence-corrected chi connectivity index (χ0v) is 9.63. The molecule has 4 heteroatoms. The lowest BCUT2D eigenvalue weighted by molar-refractivity contribution is 0.0953. The summed E-state index contributed by atoms with van der Waals surface area (Å²) in [6.07, 6.45) is 0. The fourth-order valence-corrected chi connectivity index (χ4v) is 1.54. The average molecular weight is 237 g/mol. The topological polar surface area (TPSA) is 65.8 Å². The highest BCUT2D eigenvalue weighted by molar-refractivity contribution is 5.92. The molecule has 0 aliphatic rings. The van der Waals surface area contributed by atoms with E-state index in [-0.39, 0.29) is 12.5 Å². The highest BCUT2D eigenvalue weighted by atomic mass is 16.1. The van der Waals surface area contributed by atoms with E-state index in [1.807, 2.05) is 42.5 Å². The number of nitrogens with one attached hydrogen (secondary N) is 1. The van der Waals surface area contributed by atoms with Crippen LogP contribution in [0.25, 0.3) is 11.3 Å². The van der Waals surface area contributed by atoms with Gasteiger partial charge in [-0.1, -0.05) is 36.4 Å². The monoisotopic (exact) mass is 237 g/mol. The second-order valence-corrected chi connectivity index (χ2v) is 3.61. The molecule has 18 heavy (non-hydrogen) atoms. The number of hydrogen-bond acceptors (Lipinski definition) is 3. The standard InChI is InChI=1S/C14H11N3O/c15-9-10-16-14(18)13-8-4-7-12(17-13)11-5-2-1-3-6-11/h1-8H,10H2,(H,16,18). The van der Waals surface area contributed by atoms with E-state index in [2.05, 4.69) is 10.3 Å². The molecule has 0 bridgehead atoms. The third-order valence-corrected chi connectivity index (χ3v) is 2.38. The summed E-state index contributed by atoms with van der Waals surface area (Å²) in [5.41, 5.74) is 2.00. The van der Waals surface area contributed by atoms with Crippen molar-refractivity contribution >= 4 is 5.91 Å². The Balaban J connectivity index is 2.26. The predicted octanol–water partition coefficient (Wildman–Crippen LogP) is 2.00. The Bertz CT molecular complexity index is 587. The van der Waals surface area contributed by atoms with Gasteiger partial charge in [-0.25, -0.2) is 4.98 Å². The Morgan fingerprint density at radius 1 is 1.17 bits per heavy atom. The first-order valence-electron chi connectivity index (χ1n) is 5.49. The predicted molar refractivity (Wildman–Crippen MR) is 67.6 cm³/mol. The maximum atomic E-state index is 11.7. The van der Waals surface area contributed by atoms with Gasteiger partial charge in [-0.2, -0.15) is 5.26 Å². The Kier molecular flexibility index (Phi) is 3.67. The quantitative estimate of drug-likeness (QED) is 0.830. The first kappa shape index (κ1) is 11.8. The van der Waals surface area contributed by atoms with E-state index in [0.29, 0.717) is 5.69 Å². The van der Waals surface area contributed by atoms with Crippen LogP contribution in [0.4, 0.5) is 0 Å². The van der Waals surface area contributed by atoms with Gasteiger partial charge in [-0.3, -0.25) is 4.79 Å². The lowest BCUT2D eigenvalue weighted by Crippen LogP contribution is -2.24. The molecule has 1 aromatic carbocycles. The van der Waals surface area contributed by atoms with Crippen LogP contribution >= 0.6 is 0 Å². The lowest BCUT2D eigenvalue weighted by atomic mass is 10.1. The van der Waals surface area contributed by atoms with Crippen molar-refractivity contribution < 1.29 is 4.79 Å². The zero-order valence-electron chi connectivity index (χ0n) is 9.63. The van der Waals surface area contributed by atoms with Crippen LogP contribution in [0, 0.1) is 11.3 Å². The third kappa shape index (κ3) is 2.71. The molecule has 0 saturated carbocycles. The van der Waals surface area contributed by atoms with Gasteiger partial charge in [-0.05, 0) is 12.1 Å². The summed E-state index contributed by atoms with van der Waals surface area (Å²) < 4.78 is 0. The molecule has 0 radical (unpaired) electrons. The molecular formula is C14H11N3O. The highest BCUT2D eigenvalue weighted by Gasteiger charge is 2.07.